The van der Waals surface area contributed by atoms with Crippen molar-refractivity contribution in [1.82, 2.24) is 0 Å². The van der Waals surface area contributed by atoms with E-state index in [2.05, 4.69) is 220 Å². The molecule has 0 nitrogen and oxygen atoms in total. The zero-order chi connectivity index (χ0) is 39.2. The van der Waals surface area contributed by atoms with Gasteiger partial charge in [-0.15, -0.1) is 0 Å². The zero-order valence-electron chi connectivity index (χ0n) is 33.1. The highest BCUT2D eigenvalue weighted by molar-refractivity contribution is 6.15. The fourth-order valence-electron chi connectivity index (χ4n) is 10.2. The smallest absolute Gasteiger partial charge is 0.0159 e. The van der Waals surface area contributed by atoms with E-state index in [1.807, 2.05) is 0 Å². The van der Waals surface area contributed by atoms with Crippen molar-refractivity contribution in [3.05, 3.63) is 217 Å². The molecule has 0 N–H and O–H groups in total. The van der Waals surface area contributed by atoms with Crippen molar-refractivity contribution in [3.8, 4) is 55.6 Å². The Morgan fingerprint density at radius 2 is 0.644 bits per heavy atom. The van der Waals surface area contributed by atoms with Gasteiger partial charge in [0.1, 0.15) is 0 Å². The lowest BCUT2D eigenvalue weighted by Crippen LogP contribution is -2.15. The van der Waals surface area contributed by atoms with Gasteiger partial charge in [0.15, 0.2) is 0 Å². The van der Waals surface area contributed by atoms with E-state index < -0.39 is 0 Å². The van der Waals surface area contributed by atoms with Gasteiger partial charge in [0.2, 0.25) is 0 Å². The van der Waals surface area contributed by atoms with E-state index in [-0.39, 0.29) is 5.41 Å². The average molecular weight is 749 g/mol. The van der Waals surface area contributed by atoms with Crippen molar-refractivity contribution in [2.45, 2.75) is 19.3 Å². The lowest BCUT2D eigenvalue weighted by Gasteiger charge is -2.23. The third-order valence-electron chi connectivity index (χ3n) is 13.2. The van der Waals surface area contributed by atoms with Crippen molar-refractivity contribution in [2.24, 2.45) is 0 Å². The molecule has 59 heavy (non-hydrogen) atoms. The van der Waals surface area contributed by atoms with E-state index in [0.29, 0.717) is 0 Å². The Labute approximate surface area is 344 Å². The van der Waals surface area contributed by atoms with Gasteiger partial charge in [-0.05, 0) is 169 Å². The van der Waals surface area contributed by atoms with Crippen LogP contribution < -0.4 is 0 Å². The van der Waals surface area contributed by atoms with Gasteiger partial charge in [0, 0.05) is 5.41 Å². The minimum atomic E-state index is -0.184. The molecule has 0 heterocycles. The quantitative estimate of drug-likeness (QED) is 0.157. The molecule has 276 valence electrons. The van der Waals surface area contributed by atoms with E-state index in [9.17, 15) is 0 Å². The molecule has 0 fully saturated rings. The van der Waals surface area contributed by atoms with E-state index in [1.165, 1.54) is 121 Å². The summed E-state index contributed by atoms with van der Waals surface area (Å²) in [7, 11) is 0. The summed E-state index contributed by atoms with van der Waals surface area (Å²) in [6.45, 7) is 4.81. The molecule has 0 aromatic heterocycles. The first-order chi connectivity index (χ1) is 29.0. The third kappa shape index (κ3) is 5.30. The van der Waals surface area contributed by atoms with Gasteiger partial charge < -0.3 is 0 Å². The first kappa shape index (κ1) is 33.8. The van der Waals surface area contributed by atoms with Crippen molar-refractivity contribution in [1.29, 1.82) is 0 Å². The third-order valence-corrected chi connectivity index (χ3v) is 13.2. The zero-order valence-corrected chi connectivity index (χ0v) is 33.1. The van der Waals surface area contributed by atoms with Crippen molar-refractivity contribution in [3.63, 3.8) is 0 Å². The maximum Gasteiger partial charge on any atom is 0.0159 e. The van der Waals surface area contributed by atoms with Crippen LogP contribution in [-0.2, 0) is 5.41 Å². The Morgan fingerprint density at radius 1 is 0.237 bits per heavy atom. The monoisotopic (exact) mass is 748 g/mol. The fourth-order valence-corrected chi connectivity index (χ4v) is 10.2. The van der Waals surface area contributed by atoms with Gasteiger partial charge in [-0.1, -0.05) is 172 Å². The van der Waals surface area contributed by atoms with Crippen LogP contribution in [-0.4, -0.2) is 0 Å². The molecule has 0 unspecified atom stereocenters. The molecule has 1 aliphatic rings. The van der Waals surface area contributed by atoms with Crippen LogP contribution in [0.5, 0.6) is 0 Å². The summed E-state index contributed by atoms with van der Waals surface area (Å²) in [6.07, 6.45) is 0. The van der Waals surface area contributed by atoms with Crippen LogP contribution in [0.3, 0.4) is 0 Å². The van der Waals surface area contributed by atoms with Crippen molar-refractivity contribution in [2.75, 3.05) is 0 Å². The molecular weight excluding hydrogens is 709 g/mol. The minimum absolute atomic E-state index is 0.184. The first-order valence-corrected chi connectivity index (χ1v) is 20.7. The van der Waals surface area contributed by atoms with Gasteiger partial charge in [0.25, 0.3) is 0 Å². The number of hydrogen-bond donors (Lipinski definition) is 0. The molecule has 0 saturated carbocycles. The van der Waals surface area contributed by atoms with E-state index in [0.717, 1.165) is 0 Å². The minimum Gasteiger partial charge on any atom is -0.0616 e. The fraction of sp³-hybridized carbons (Fsp3) is 0.0508. The predicted molar refractivity (Wildman–Crippen MR) is 253 cm³/mol. The highest BCUT2D eigenvalue weighted by Crippen LogP contribution is 2.51. The Hall–Kier alpha value is -7.28. The van der Waals surface area contributed by atoms with Gasteiger partial charge in [-0.3, -0.25) is 0 Å². The topological polar surface area (TPSA) is 0 Å². The normalized spacial score (nSPS) is 13.1. The second-order valence-electron chi connectivity index (χ2n) is 16.9. The molecule has 0 aliphatic heterocycles. The summed E-state index contributed by atoms with van der Waals surface area (Å²) in [5.74, 6) is 0. The molecule has 12 rings (SSSR count). The summed E-state index contributed by atoms with van der Waals surface area (Å²) in [5.41, 5.74) is 15.2. The number of hydrogen-bond acceptors (Lipinski definition) is 0. The van der Waals surface area contributed by atoms with Gasteiger partial charge in [-0.25, -0.2) is 0 Å². The summed E-state index contributed by atoms with van der Waals surface area (Å²) in [5, 5.41) is 12.8. The molecule has 0 bridgehead atoms. The van der Waals surface area contributed by atoms with Crippen molar-refractivity contribution < 1.29 is 0 Å². The number of fused-ring (bicyclic) bond motifs is 10. The molecule has 0 radical (unpaired) electrons. The SMILES string of the molecule is CC1(C)c2cc(-c3cc(-c4ccc5ccccc5c4)cc(-c4cc5ccccc5c5ccccc45)c3)ccc2-c2ccc(-c3cc4ccccc4c4ccccc34)cc21. The highest BCUT2D eigenvalue weighted by atomic mass is 14.4. The number of rotatable bonds is 4. The summed E-state index contributed by atoms with van der Waals surface area (Å²) < 4.78 is 0. The van der Waals surface area contributed by atoms with Crippen LogP contribution in [0, 0.1) is 0 Å². The molecule has 11 aromatic rings. The Bertz CT molecular complexity index is 3530. The van der Waals surface area contributed by atoms with Crippen molar-refractivity contribution >= 4 is 53.9 Å². The Balaban J connectivity index is 1.02. The molecular formula is C59H40. The maximum absolute atomic E-state index is 2.47. The van der Waals surface area contributed by atoms with Gasteiger partial charge >= 0.3 is 0 Å². The lowest BCUT2D eigenvalue weighted by atomic mass is 9.80. The largest absolute Gasteiger partial charge is 0.0616 e. The van der Waals surface area contributed by atoms with Crippen LogP contribution >= 0.6 is 0 Å². The molecule has 0 spiro atoms. The van der Waals surface area contributed by atoms with E-state index >= 15 is 0 Å². The second kappa shape index (κ2) is 12.9. The highest BCUT2D eigenvalue weighted by Gasteiger charge is 2.36. The summed E-state index contributed by atoms with van der Waals surface area (Å²) >= 11 is 0. The molecule has 0 amide bonds. The standard InChI is InChI=1S/C59H40/c1-59(2)57-35-40(25-27-53(57)54-28-26-43(36-58(54)59)55-33-41-15-5-7-17-47(41)49-19-9-11-21-51(49)55)45-30-44(39-24-23-37-13-3-4-14-38(37)29-39)31-46(32-45)56-34-42-16-6-8-18-48(42)50-20-10-12-22-52(50)56/h3-36H,1-2H3. The summed E-state index contributed by atoms with van der Waals surface area (Å²) in [4.78, 5) is 0. The first-order valence-electron chi connectivity index (χ1n) is 20.7. The van der Waals surface area contributed by atoms with E-state index in [4.69, 9.17) is 0 Å². The molecule has 11 aromatic carbocycles. The summed E-state index contributed by atoms with van der Waals surface area (Å²) in [6, 6.07) is 77.2. The molecule has 0 heteroatoms. The van der Waals surface area contributed by atoms with E-state index in [1.54, 1.807) is 0 Å². The Kier molecular flexibility index (Phi) is 7.38. The van der Waals surface area contributed by atoms with Gasteiger partial charge in [0.05, 0.1) is 0 Å². The van der Waals surface area contributed by atoms with Crippen LogP contribution in [0.15, 0.2) is 206 Å². The number of benzene rings is 11. The van der Waals surface area contributed by atoms with Gasteiger partial charge in [-0.2, -0.15) is 0 Å². The molecule has 0 atom stereocenters. The second-order valence-corrected chi connectivity index (χ2v) is 16.9. The predicted octanol–water partition coefficient (Wildman–Crippen LogP) is 16.4. The van der Waals surface area contributed by atoms with Crippen LogP contribution in [0.25, 0.3) is 109 Å². The van der Waals surface area contributed by atoms with Crippen LogP contribution in [0.1, 0.15) is 25.0 Å². The average Bonchev–Trinajstić information content (AvgIpc) is 3.52. The molecule has 0 saturated heterocycles. The van der Waals surface area contributed by atoms with Crippen LogP contribution in [0.2, 0.25) is 0 Å². The van der Waals surface area contributed by atoms with Crippen LogP contribution in [0.4, 0.5) is 0 Å². The maximum atomic E-state index is 2.47. The Morgan fingerprint density at radius 3 is 1.24 bits per heavy atom. The lowest BCUT2D eigenvalue weighted by molar-refractivity contribution is 0.661. The molecule has 1 aliphatic carbocycles.